The van der Waals surface area contributed by atoms with E-state index in [0.29, 0.717) is 6.04 Å². The van der Waals surface area contributed by atoms with Gasteiger partial charge in [-0.15, -0.1) is 0 Å². The maximum Gasteiger partial charge on any atom is 0.303 e. The van der Waals surface area contributed by atoms with Gasteiger partial charge in [0, 0.05) is 42.8 Å². The molecule has 0 bridgehead atoms. The second-order valence-corrected chi connectivity index (χ2v) is 9.96. The molecule has 3 aromatic carbocycles. The largest absolute Gasteiger partial charge is 0.481 e. The lowest BCUT2D eigenvalue weighted by Crippen LogP contribution is -2.42. The molecule has 5 rings (SSSR count). The topological polar surface area (TPSA) is 72.8 Å². The van der Waals surface area contributed by atoms with Crippen molar-refractivity contribution in [1.29, 1.82) is 0 Å². The second-order valence-electron chi connectivity index (χ2n) is 9.96. The molecule has 6 heteroatoms. The van der Waals surface area contributed by atoms with Crippen LogP contribution in [0.3, 0.4) is 0 Å². The van der Waals surface area contributed by atoms with Crippen molar-refractivity contribution in [2.24, 2.45) is 5.92 Å². The molecule has 1 unspecified atom stereocenters. The van der Waals surface area contributed by atoms with E-state index in [1.807, 2.05) is 0 Å². The Labute approximate surface area is 199 Å². The zero-order valence-electron chi connectivity index (χ0n) is 19.4. The number of carboxylic acids is 1. The summed E-state index contributed by atoms with van der Waals surface area (Å²) in [7, 11) is 0. The molecule has 1 aliphatic heterocycles. The number of aliphatic hydroxyl groups is 1. The molecule has 3 aromatic rings. The molecule has 0 aromatic heterocycles. The standard InChI is InChI=1S/C28H31FN2O3/c1-18(23-8-4-6-20-5-2-3-7-24(20)23)30-21-11-12-31(17-21)22-9-10-26(29)25(14-22)28(34)15-19(16-28)13-27(32)33/h2-10,14,18-19,21,30,34H,11-13,15-17H2,1H3,(H,32,33)/t18-,19?,21?,28?/m1/s1. The van der Waals surface area contributed by atoms with Crippen molar-refractivity contribution in [3.8, 4) is 0 Å². The van der Waals surface area contributed by atoms with Gasteiger partial charge in [0.15, 0.2) is 0 Å². The molecule has 0 spiro atoms. The molecule has 2 fully saturated rings. The molecule has 34 heavy (non-hydrogen) atoms. The Morgan fingerprint density at radius 2 is 1.94 bits per heavy atom. The van der Waals surface area contributed by atoms with Crippen molar-refractivity contribution < 1.29 is 19.4 Å². The van der Waals surface area contributed by atoms with Crippen molar-refractivity contribution in [1.82, 2.24) is 5.32 Å². The predicted molar refractivity (Wildman–Crippen MR) is 131 cm³/mol. The summed E-state index contributed by atoms with van der Waals surface area (Å²) in [6.07, 6.45) is 1.56. The molecule has 1 saturated heterocycles. The van der Waals surface area contributed by atoms with Gasteiger partial charge in [0.2, 0.25) is 0 Å². The van der Waals surface area contributed by atoms with Crippen LogP contribution in [-0.4, -0.2) is 35.3 Å². The third-order valence-corrected chi connectivity index (χ3v) is 7.50. The molecule has 5 nitrogen and oxygen atoms in total. The number of aliphatic carboxylic acids is 1. The predicted octanol–water partition coefficient (Wildman–Crippen LogP) is 4.98. The number of hydrogen-bond acceptors (Lipinski definition) is 4. The molecular weight excluding hydrogens is 431 g/mol. The molecule has 0 amide bonds. The Morgan fingerprint density at radius 3 is 2.74 bits per heavy atom. The third-order valence-electron chi connectivity index (χ3n) is 7.50. The van der Waals surface area contributed by atoms with E-state index in [0.717, 1.165) is 25.2 Å². The number of halogens is 1. The summed E-state index contributed by atoms with van der Waals surface area (Å²) < 4.78 is 14.6. The first-order chi connectivity index (χ1) is 16.3. The fourth-order valence-electron chi connectivity index (χ4n) is 5.78. The second kappa shape index (κ2) is 9.01. The number of benzene rings is 3. The fraction of sp³-hybridized carbons (Fsp3) is 0.393. The average Bonchev–Trinajstić information content (AvgIpc) is 3.26. The summed E-state index contributed by atoms with van der Waals surface area (Å²) in [5.41, 5.74) is 1.19. The van der Waals surface area contributed by atoms with Gasteiger partial charge in [0.25, 0.3) is 0 Å². The SMILES string of the molecule is C[C@@H](NC1CCN(c2ccc(F)c(C3(O)CC(CC(=O)O)C3)c2)C1)c1cccc2ccccc12. The van der Waals surface area contributed by atoms with Gasteiger partial charge in [-0.2, -0.15) is 0 Å². The maximum atomic E-state index is 14.6. The smallest absolute Gasteiger partial charge is 0.303 e. The van der Waals surface area contributed by atoms with Crippen molar-refractivity contribution >= 4 is 22.4 Å². The molecule has 1 heterocycles. The van der Waals surface area contributed by atoms with Crippen molar-refractivity contribution in [2.75, 3.05) is 18.0 Å². The first-order valence-corrected chi connectivity index (χ1v) is 12.1. The molecule has 178 valence electrons. The molecule has 0 radical (unpaired) electrons. The summed E-state index contributed by atoms with van der Waals surface area (Å²) in [4.78, 5) is 13.2. The summed E-state index contributed by atoms with van der Waals surface area (Å²) in [5, 5.41) is 26.2. The van der Waals surface area contributed by atoms with Crippen LogP contribution in [0.2, 0.25) is 0 Å². The zero-order valence-corrected chi connectivity index (χ0v) is 19.4. The van der Waals surface area contributed by atoms with E-state index in [4.69, 9.17) is 5.11 Å². The van der Waals surface area contributed by atoms with Crippen LogP contribution in [0.25, 0.3) is 10.8 Å². The van der Waals surface area contributed by atoms with Gasteiger partial charge in [-0.3, -0.25) is 4.79 Å². The van der Waals surface area contributed by atoms with E-state index in [2.05, 4.69) is 59.6 Å². The van der Waals surface area contributed by atoms with Gasteiger partial charge in [-0.05, 0) is 66.6 Å². The van der Waals surface area contributed by atoms with Crippen molar-refractivity contribution in [3.05, 3.63) is 77.6 Å². The van der Waals surface area contributed by atoms with E-state index < -0.39 is 17.4 Å². The van der Waals surface area contributed by atoms with Gasteiger partial charge < -0.3 is 20.4 Å². The van der Waals surface area contributed by atoms with Crippen LogP contribution < -0.4 is 10.2 Å². The van der Waals surface area contributed by atoms with Crippen LogP contribution in [0.5, 0.6) is 0 Å². The first-order valence-electron chi connectivity index (χ1n) is 12.1. The van der Waals surface area contributed by atoms with E-state index in [9.17, 15) is 14.3 Å². The Hall–Kier alpha value is -2.96. The molecular formula is C28H31FN2O3. The van der Waals surface area contributed by atoms with Crippen molar-refractivity contribution in [2.45, 2.75) is 50.3 Å². The number of carboxylic acid groups (broad SMARTS) is 1. The fourth-order valence-corrected chi connectivity index (χ4v) is 5.78. The van der Waals surface area contributed by atoms with Crippen LogP contribution in [0, 0.1) is 11.7 Å². The molecule has 2 aliphatic rings. The highest BCUT2D eigenvalue weighted by atomic mass is 19.1. The summed E-state index contributed by atoms with van der Waals surface area (Å²) >= 11 is 0. The summed E-state index contributed by atoms with van der Waals surface area (Å²) in [6.45, 7) is 3.85. The Bertz CT molecular complexity index is 1200. The lowest BCUT2D eigenvalue weighted by molar-refractivity contribution is -0.143. The van der Waals surface area contributed by atoms with E-state index in [-0.39, 0.29) is 36.8 Å². The number of rotatable bonds is 7. The van der Waals surface area contributed by atoms with E-state index in [1.54, 1.807) is 12.1 Å². The lowest BCUT2D eigenvalue weighted by Gasteiger charge is -2.44. The Morgan fingerprint density at radius 1 is 1.18 bits per heavy atom. The Balaban J connectivity index is 1.26. The monoisotopic (exact) mass is 462 g/mol. The highest BCUT2D eigenvalue weighted by Gasteiger charge is 2.46. The summed E-state index contributed by atoms with van der Waals surface area (Å²) in [6, 6.07) is 20.3. The number of hydrogen-bond donors (Lipinski definition) is 3. The van der Waals surface area contributed by atoms with Gasteiger partial charge in [-0.25, -0.2) is 4.39 Å². The molecule has 1 saturated carbocycles. The minimum absolute atomic E-state index is 0.0119. The Kier molecular flexibility index (Phi) is 6.04. The minimum Gasteiger partial charge on any atom is -0.481 e. The number of nitrogens with one attached hydrogen (secondary N) is 1. The maximum absolute atomic E-state index is 14.6. The van der Waals surface area contributed by atoms with E-state index >= 15 is 0 Å². The van der Waals surface area contributed by atoms with Crippen LogP contribution in [0.4, 0.5) is 10.1 Å². The molecule has 2 atom stereocenters. The van der Waals surface area contributed by atoms with Crippen molar-refractivity contribution in [3.63, 3.8) is 0 Å². The number of nitrogens with zero attached hydrogens (tertiary/aromatic N) is 1. The zero-order chi connectivity index (χ0) is 23.9. The molecule has 3 N–H and O–H groups in total. The average molecular weight is 463 g/mol. The normalized spacial score (nSPS) is 25.3. The number of fused-ring (bicyclic) bond motifs is 1. The molecule has 1 aliphatic carbocycles. The third kappa shape index (κ3) is 4.40. The lowest BCUT2D eigenvalue weighted by atomic mass is 9.66. The van der Waals surface area contributed by atoms with Crippen LogP contribution in [0.1, 0.15) is 49.8 Å². The quantitative estimate of drug-likeness (QED) is 0.462. The number of anilines is 1. The van der Waals surface area contributed by atoms with Gasteiger partial charge in [-0.1, -0.05) is 42.5 Å². The van der Waals surface area contributed by atoms with Gasteiger partial charge >= 0.3 is 5.97 Å². The van der Waals surface area contributed by atoms with E-state index in [1.165, 1.54) is 22.4 Å². The first kappa shape index (κ1) is 22.8. The van der Waals surface area contributed by atoms with Crippen LogP contribution in [0.15, 0.2) is 60.7 Å². The highest BCUT2D eigenvalue weighted by Crippen LogP contribution is 2.48. The highest BCUT2D eigenvalue weighted by molar-refractivity contribution is 5.86. The van der Waals surface area contributed by atoms with Crippen LogP contribution >= 0.6 is 0 Å². The van der Waals surface area contributed by atoms with Crippen LogP contribution in [-0.2, 0) is 10.4 Å². The minimum atomic E-state index is -1.28. The summed E-state index contributed by atoms with van der Waals surface area (Å²) in [5.74, 6) is -1.42. The van der Waals surface area contributed by atoms with Gasteiger partial charge in [0.05, 0.1) is 5.60 Å². The number of carbonyl (C=O) groups is 1. The van der Waals surface area contributed by atoms with Gasteiger partial charge in [0.1, 0.15) is 5.82 Å².